The van der Waals surface area contributed by atoms with Crippen LogP contribution < -0.4 is 5.32 Å². The Kier molecular flexibility index (Phi) is 3.98. The second-order valence-electron chi connectivity index (χ2n) is 4.41. The molecule has 0 unspecified atom stereocenters. The molecular formula is C15H11F2NO3. The fourth-order valence-corrected chi connectivity index (χ4v) is 1.78. The smallest absolute Gasteiger partial charge is 0.335 e. The van der Waals surface area contributed by atoms with Gasteiger partial charge in [-0.2, -0.15) is 0 Å². The van der Waals surface area contributed by atoms with Gasteiger partial charge < -0.3 is 10.4 Å². The molecule has 0 atom stereocenters. The Morgan fingerprint density at radius 3 is 2.43 bits per heavy atom. The third kappa shape index (κ3) is 3.22. The molecule has 2 N–H and O–H groups in total. The number of anilines is 1. The third-order valence-corrected chi connectivity index (χ3v) is 2.91. The van der Waals surface area contributed by atoms with Gasteiger partial charge in [-0.25, -0.2) is 13.6 Å². The van der Waals surface area contributed by atoms with Crippen LogP contribution >= 0.6 is 0 Å². The molecule has 108 valence electrons. The average molecular weight is 291 g/mol. The maximum absolute atomic E-state index is 13.7. The predicted molar refractivity (Wildman–Crippen MR) is 72.4 cm³/mol. The molecule has 0 aliphatic rings. The van der Waals surface area contributed by atoms with E-state index in [9.17, 15) is 18.4 Å². The van der Waals surface area contributed by atoms with Crippen LogP contribution in [0.25, 0.3) is 0 Å². The summed E-state index contributed by atoms with van der Waals surface area (Å²) in [4.78, 5) is 22.7. The van der Waals surface area contributed by atoms with E-state index in [0.717, 1.165) is 18.2 Å². The first-order chi connectivity index (χ1) is 9.88. The predicted octanol–water partition coefficient (Wildman–Crippen LogP) is 3.22. The number of aromatic carboxylic acids is 1. The highest BCUT2D eigenvalue weighted by Gasteiger charge is 2.14. The van der Waals surface area contributed by atoms with Crippen molar-refractivity contribution in [2.75, 3.05) is 5.32 Å². The number of carbonyl (C=O) groups is 2. The average Bonchev–Trinajstić information content (AvgIpc) is 2.43. The number of carboxylic acids is 1. The molecule has 0 bridgehead atoms. The monoisotopic (exact) mass is 291 g/mol. The number of hydrogen-bond donors (Lipinski definition) is 2. The van der Waals surface area contributed by atoms with Crippen molar-refractivity contribution in [2.45, 2.75) is 6.92 Å². The van der Waals surface area contributed by atoms with Gasteiger partial charge in [0.15, 0.2) is 0 Å². The number of carbonyl (C=O) groups excluding carboxylic acids is 1. The number of hydrogen-bond acceptors (Lipinski definition) is 2. The van der Waals surface area contributed by atoms with Crippen LogP contribution in [0.4, 0.5) is 14.5 Å². The summed E-state index contributed by atoms with van der Waals surface area (Å²) in [5.41, 5.74) is 0.217. The molecule has 0 spiro atoms. The summed E-state index contributed by atoms with van der Waals surface area (Å²) in [5.74, 6) is -3.40. The van der Waals surface area contributed by atoms with Gasteiger partial charge in [0.2, 0.25) is 0 Å². The molecular weight excluding hydrogens is 280 g/mol. The van der Waals surface area contributed by atoms with Gasteiger partial charge in [0.25, 0.3) is 5.91 Å². The van der Waals surface area contributed by atoms with Gasteiger partial charge >= 0.3 is 5.97 Å². The van der Waals surface area contributed by atoms with Crippen molar-refractivity contribution in [1.82, 2.24) is 0 Å². The van der Waals surface area contributed by atoms with Crippen molar-refractivity contribution >= 4 is 17.6 Å². The molecule has 2 rings (SSSR count). The topological polar surface area (TPSA) is 66.4 Å². The quantitative estimate of drug-likeness (QED) is 0.912. The number of aryl methyl sites for hydroxylation is 1. The Labute approximate surface area is 119 Å². The Bertz CT molecular complexity index is 729. The Hall–Kier alpha value is -2.76. The molecule has 0 aliphatic heterocycles. The maximum Gasteiger partial charge on any atom is 0.335 e. The molecule has 2 aromatic rings. The lowest BCUT2D eigenvalue weighted by molar-refractivity contribution is 0.0696. The zero-order valence-electron chi connectivity index (χ0n) is 11.0. The molecule has 0 radical (unpaired) electrons. The van der Waals surface area contributed by atoms with E-state index in [0.29, 0.717) is 5.56 Å². The Morgan fingerprint density at radius 1 is 1.10 bits per heavy atom. The minimum atomic E-state index is -1.27. The highest BCUT2D eigenvalue weighted by atomic mass is 19.1. The van der Waals surface area contributed by atoms with E-state index < -0.39 is 23.5 Å². The number of halogens is 2. The van der Waals surface area contributed by atoms with E-state index in [1.165, 1.54) is 18.2 Å². The molecule has 6 heteroatoms. The minimum Gasteiger partial charge on any atom is -0.478 e. The van der Waals surface area contributed by atoms with Crippen molar-refractivity contribution in [1.29, 1.82) is 0 Å². The van der Waals surface area contributed by atoms with Crippen molar-refractivity contribution in [2.24, 2.45) is 0 Å². The van der Waals surface area contributed by atoms with Crippen LogP contribution in [0, 0.1) is 18.6 Å². The van der Waals surface area contributed by atoms with Crippen molar-refractivity contribution in [3.8, 4) is 0 Å². The number of benzene rings is 2. The lowest BCUT2D eigenvalue weighted by Gasteiger charge is -2.09. The first-order valence-corrected chi connectivity index (χ1v) is 5.99. The second-order valence-corrected chi connectivity index (χ2v) is 4.41. The second kappa shape index (κ2) is 5.70. The molecule has 1 amide bonds. The maximum atomic E-state index is 13.7. The summed E-state index contributed by atoms with van der Waals surface area (Å²) in [5, 5.41) is 11.0. The molecule has 21 heavy (non-hydrogen) atoms. The van der Waals surface area contributed by atoms with Crippen LogP contribution in [-0.4, -0.2) is 17.0 Å². The molecule has 0 aliphatic carbocycles. The summed E-state index contributed by atoms with van der Waals surface area (Å²) >= 11 is 0. The van der Waals surface area contributed by atoms with E-state index in [4.69, 9.17) is 5.11 Å². The van der Waals surface area contributed by atoms with Gasteiger partial charge in [-0.05, 0) is 42.8 Å². The number of rotatable bonds is 3. The Balaban J connectivity index is 2.27. The van der Waals surface area contributed by atoms with Gasteiger partial charge in [-0.15, -0.1) is 0 Å². The molecule has 0 aromatic heterocycles. The molecule has 0 saturated heterocycles. The van der Waals surface area contributed by atoms with Gasteiger partial charge in [0.05, 0.1) is 11.3 Å². The summed E-state index contributed by atoms with van der Waals surface area (Å²) in [6.45, 7) is 1.62. The summed E-state index contributed by atoms with van der Waals surface area (Å²) in [7, 11) is 0. The fraction of sp³-hybridized carbons (Fsp3) is 0.0667. The van der Waals surface area contributed by atoms with Crippen LogP contribution in [-0.2, 0) is 0 Å². The van der Waals surface area contributed by atoms with Gasteiger partial charge in [-0.3, -0.25) is 4.79 Å². The number of amides is 1. The van der Waals surface area contributed by atoms with Crippen LogP contribution in [0.1, 0.15) is 26.3 Å². The molecule has 0 heterocycles. The highest BCUT2D eigenvalue weighted by Crippen LogP contribution is 2.18. The summed E-state index contributed by atoms with van der Waals surface area (Å²) < 4.78 is 26.9. The third-order valence-electron chi connectivity index (χ3n) is 2.91. The minimum absolute atomic E-state index is 0.0803. The van der Waals surface area contributed by atoms with Crippen molar-refractivity contribution in [3.63, 3.8) is 0 Å². The largest absolute Gasteiger partial charge is 0.478 e. The molecule has 0 saturated carbocycles. The number of carboxylic acid groups (broad SMARTS) is 1. The van der Waals surface area contributed by atoms with E-state index in [1.807, 2.05) is 0 Å². The van der Waals surface area contributed by atoms with Crippen LogP contribution in [0.5, 0.6) is 0 Å². The fourth-order valence-electron chi connectivity index (χ4n) is 1.78. The van der Waals surface area contributed by atoms with Crippen LogP contribution in [0.15, 0.2) is 36.4 Å². The Morgan fingerprint density at radius 2 is 1.81 bits per heavy atom. The van der Waals surface area contributed by atoms with Gasteiger partial charge in [0, 0.05) is 5.56 Å². The van der Waals surface area contributed by atoms with Crippen molar-refractivity contribution in [3.05, 3.63) is 64.7 Å². The standard InChI is InChI=1S/C15H11F2NO3/c1-8-2-4-10(16)7-11(8)14(19)18-13-5-3-9(15(20)21)6-12(13)17/h2-7H,1H3,(H,18,19)(H,20,21). The van der Waals surface area contributed by atoms with Crippen LogP contribution in [0.2, 0.25) is 0 Å². The van der Waals surface area contributed by atoms with Crippen molar-refractivity contribution < 1.29 is 23.5 Å². The molecule has 4 nitrogen and oxygen atoms in total. The lowest BCUT2D eigenvalue weighted by atomic mass is 10.1. The van der Waals surface area contributed by atoms with E-state index in [1.54, 1.807) is 6.92 Å². The SMILES string of the molecule is Cc1ccc(F)cc1C(=O)Nc1ccc(C(=O)O)cc1F. The van der Waals surface area contributed by atoms with Gasteiger partial charge in [0.1, 0.15) is 11.6 Å². The van der Waals surface area contributed by atoms with E-state index in [2.05, 4.69) is 5.32 Å². The summed E-state index contributed by atoms with van der Waals surface area (Å²) in [6.07, 6.45) is 0. The normalized spacial score (nSPS) is 10.2. The van der Waals surface area contributed by atoms with Gasteiger partial charge in [-0.1, -0.05) is 6.07 Å². The van der Waals surface area contributed by atoms with E-state index in [-0.39, 0.29) is 16.8 Å². The summed E-state index contributed by atoms with van der Waals surface area (Å²) in [6, 6.07) is 6.82. The first-order valence-electron chi connectivity index (χ1n) is 5.99. The zero-order valence-corrected chi connectivity index (χ0v) is 11.0. The highest BCUT2D eigenvalue weighted by molar-refractivity contribution is 6.05. The van der Waals surface area contributed by atoms with Crippen LogP contribution in [0.3, 0.4) is 0 Å². The molecule has 0 fully saturated rings. The zero-order chi connectivity index (χ0) is 15.6. The van der Waals surface area contributed by atoms with E-state index >= 15 is 0 Å². The molecule has 2 aromatic carbocycles. The number of nitrogens with one attached hydrogen (secondary N) is 1. The first kappa shape index (κ1) is 14.6. The lowest BCUT2D eigenvalue weighted by Crippen LogP contribution is -2.15.